The quantitative estimate of drug-likeness (QED) is 0.725. The van der Waals surface area contributed by atoms with Crippen molar-refractivity contribution in [2.75, 3.05) is 7.11 Å². The number of nitrogens with zero attached hydrogens (tertiary/aromatic N) is 1. The maximum absolute atomic E-state index is 5.46. The van der Waals surface area contributed by atoms with Gasteiger partial charge >= 0.3 is 0 Å². The van der Waals surface area contributed by atoms with Gasteiger partial charge in [0.15, 0.2) is 4.77 Å². The summed E-state index contributed by atoms with van der Waals surface area (Å²) in [5.41, 5.74) is 3.54. The minimum atomic E-state index is 0.753. The minimum absolute atomic E-state index is 0.753. The van der Waals surface area contributed by atoms with Gasteiger partial charge in [-0.1, -0.05) is 6.92 Å². The molecule has 0 aliphatic rings. The largest absolute Gasteiger partial charge is 0.497 e. The average Bonchev–Trinajstić information content (AvgIpc) is 3.03. The second kappa shape index (κ2) is 5.42. The number of benzene rings is 1. The van der Waals surface area contributed by atoms with Crippen LogP contribution < -0.4 is 4.74 Å². The molecular weight excluding hydrogens is 288 g/mol. The zero-order chi connectivity index (χ0) is 14.1. The van der Waals surface area contributed by atoms with Crippen LogP contribution in [0.5, 0.6) is 5.75 Å². The first kappa shape index (κ1) is 13.4. The van der Waals surface area contributed by atoms with Crippen molar-refractivity contribution in [3.05, 3.63) is 44.9 Å². The van der Waals surface area contributed by atoms with Gasteiger partial charge in [-0.3, -0.25) is 0 Å². The third kappa shape index (κ3) is 2.27. The molecule has 0 aliphatic heterocycles. The van der Waals surface area contributed by atoms with Crippen molar-refractivity contribution < 1.29 is 4.74 Å². The van der Waals surface area contributed by atoms with Gasteiger partial charge in [0.05, 0.1) is 24.7 Å². The van der Waals surface area contributed by atoms with E-state index in [2.05, 4.69) is 34.0 Å². The summed E-state index contributed by atoms with van der Waals surface area (Å²) >= 11 is 7.25. The number of aromatic amines is 1. The Morgan fingerprint density at radius 2 is 2.20 bits per heavy atom. The number of thiophene rings is 1. The van der Waals surface area contributed by atoms with Crippen LogP contribution in [0, 0.1) is 4.77 Å². The maximum atomic E-state index is 5.46. The number of methoxy groups -OCH3 is 1. The molecule has 0 aliphatic carbocycles. The van der Waals surface area contributed by atoms with E-state index in [4.69, 9.17) is 17.0 Å². The molecule has 0 amide bonds. The molecule has 1 aromatic carbocycles. The third-order valence-electron chi connectivity index (χ3n) is 3.50. The molecule has 0 fully saturated rings. The molecule has 2 heterocycles. The first-order valence-electron chi connectivity index (χ1n) is 6.54. The second-order valence-corrected chi connectivity index (χ2v) is 6.01. The van der Waals surface area contributed by atoms with Crippen LogP contribution in [-0.4, -0.2) is 16.7 Å². The number of imidazole rings is 1. The van der Waals surface area contributed by atoms with Crippen LogP contribution in [0.15, 0.2) is 29.6 Å². The monoisotopic (exact) mass is 304 g/mol. The molecule has 1 N–H and O–H groups in total. The number of hydrogen-bond acceptors (Lipinski definition) is 3. The summed E-state index contributed by atoms with van der Waals surface area (Å²) in [7, 11) is 1.67. The van der Waals surface area contributed by atoms with Crippen LogP contribution in [-0.2, 0) is 13.0 Å². The van der Waals surface area contributed by atoms with Crippen molar-refractivity contribution in [2.24, 2.45) is 0 Å². The van der Waals surface area contributed by atoms with Gasteiger partial charge in [-0.2, -0.15) is 0 Å². The van der Waals surface area contributed by atoms with E-state index < -0.39 is 0 Å². The van der Waals surface area contributed by atoms with E-state index in [0.29, 0.717) is 0 Å². The van der Waals surface area contributed by atoms with Crippen LogP contribution in [0.2, 0.25) is 0 Å². The van der Waals surface area contributed by atoms with E-state index in [1.54, 1.807) is 18.4 Å². The van der Waals surface area contributed by atoms with Gasteiger partial charge in [0.2, 0.25) is 0 Å². The van der Waals surface area contributed by atoms with Crippen molar-refractivity contribution in [3.8, 4) is 5.75 Å². The molecule has 0 saturated heterocycles. The number of H-pyrrole nitrogens is 1. The first-order valence-corrected chi connectivity index (χ1v) is 7.83. The molecular formula is C15H16N2OS2. The van der Waals surface area contributed by atoms with Gasteiger partial charge in [0.25, 0.3) is 0 Å². The van der Waals surface area contributed by atoms with Crippen LogP contribution in [0.25, 0.3) is 11.0 Å². The SMILES string of the molecule is CCc1ccsc1Cn1c(=S)[nH]c2cc(OC)ccc21. The lowest BCUT2D eigenvalue weighted by Crippen LogP contribution is -2.00. The number of rotatable bonds is 4. The van der Waals surface area contributed by atoms with Gasteiger partial charge in [0.1, 0.15) is 5.75 Å². The highest BCUT2D eigenvalue weighted by atomic mass is 32.1. The fourth-order valence-corrected chi connectivity index (χ4v) is 3.63. The van der Waals surface area contributed by atoms with Gasteiger partial charge < -0.3 is 14.3 Å². The summed E-state index contributed by atoms with van der Waals surface area (Å²) in [6, 6.07) is 8.20. The number of aryl methyl sites for hydroxylation is 1. The van der Waals surface area contributed by atoms with Gasteiger partial charge in [0, 0.05) is 10.9 Å². The fraction of sp³-hybridized carbons (Fsp3) is 0.267. The topological polar surface area (TPSA) is 29.9 Å². The number of aromatic nitrogens is 2. The van der Waals surface area contributed by atoms with E-state index in [1.807, 2.05) is 12.1 Å². The zero-order valence-electron chi connectivity index (χ0n) is 11.5. The normalized spacial score (nSPS) is 11.1. The predicted octanol–water partition coefficient (Wildman–Crippen LogP) is 4.38. The molecule has 0 unspecified atom stereocenters. The molecule has 3 rings (SSSR count). The summed E-state index contributed by atoms with van der Waals surface area (Å²) in [6.45, 7) is 3.01. The smallest absolute Gasteiger partial charge is 0.178 e. The number of nitrogens with one attached hydrogen (secondary N) is 1. The van der Waals surface area contributed by atoms with Crippen LogP contribution in [0.1, 0.15) is 17.4 Å². The molecule has 0 spiro atoms. The van der Waals surface area contributed by atoms with Crippen LogP contribution in [0.4, 0.5) is 0 Å². The molecule has 0 saturated carbocycles. The lowest BCUT2D eigenvalue weighted by atomic mass is 10.2. The number of ether oxygens (including phenoxy) is 1. The third-order valence-corrected chi connectivity index (χ3v) is 4.77. The highest BCUT2D eigenvalue weighted by Crippen LogP contribution is 2.24. The zero-order valence-corrected chi connectivity index (χ0v) is 13.1. The molecule has 0 atom stereocenters. The van der Waals surface area contributed by atoms with E-state index in [1.165, 1.54) is 10.4 Å². The fourth-order valence-electron chi connectivity index (χ4n) is 2.39. The molecule has 5 heteroatoms. The summed E-state index contributed by atoms with van der Waals surface area (Å²) in [5, 5.41) is 2.15. The highest BCUT2D eigenvalue weighted by molar-refractivity contribution is 7.71. The molecule has 20 heavy (non-hydrogen) atoms. The van der Waals surface area contributed by atoms with Crippen molar-refractivity contribution in [3.63, 3.8) is 0 Å². The lowest BCUT2D eigenvalue weighted by molar-refractivity contribution is 0.415. The Morgan fingerprint density at radius 3 is 2.95 bits per heavy atom. The Balaban J connectivity index is 2.07. The maximum Gasteiger partial charge on any atom is 0.178 e. The van der Waals surface area contributed by atoms with Gasteiger partial charge in [-0.15, -0.1) is 11.3 Å². The van der Waals surface area contributed by atoms with Gasteiger partial charge in [-0.05, 0) is 47.8 Å². The molecule has 0 bridgehead atoms. The van der Waals surface area contributed by atoms with Crippen molar-refractivity contribution in [1.82, 2.24) is 9.55 Å². The van der Waals surface area contributed by atoms with E-state index >= 15 is 0 Å². The molecule has 3 nitrogen and oxygen atoms in total. The van der Waals surface area contributed by atoms with Crippen molar-refractivity contribution in [2.45, 2.75) is 19.9 Å². The van der Waals surface area contributed by atoms with Crippen LogP contribution in [0.3, 0.4) is 0 Å². The van der Waals surface area contributed by atoms with Crippen molar-refractivity contribution >= 4 is 34.6 Å². The number of fused-ring (bicyclic) bond motifs is 1. The Labute approximate surface area is 126 Å². The van der Waals surface area contributed by atoms with Crippen molar-refractivity contribution in [1.29, 1.82) is 0 Å². The molecule has 0 radical (unpaired) electrons. The lowest BCUT2D eigenvalue weighted by Gasteiger charge is -2.05. The Morgan fingerprint density at radius 1 is 1.35 bits per heavy atom. The van der Waals surface area contributed by atoms with E-state index in [9.17, 15) is 0 Å². The molecule has 2 aromatic heterocycles. The molecule has 3 aromatic rings. The average molecular weight is 304 g/mol. The Hall–Kier alpha value is -1.59. The van der Waals surface area contributed by atoms with E-state index in [-0.39, 0.29) is 0 Å². The summed E-state index contributed by atoms with van der Waals surface area (Å²) in [4.78, 5) is 4.63. The summed E-state index contributed by atoms with van der Waals surface area (Å²) in [6.07, 6.45) is 1.06. The summed E-state index contributed by atoms with van der Waals surface area (Å²) < 4.78 is 8.15. The minimum Gasteiger partial charge on any atom is -0.497 e. The standard InChI is InChI=1S/C15H16N2OS2/c1-3-10-6-7-20-14(10)9-17-13-5-4-11(18-2)8-12(13)16-15(17)19/h4-8H,3,9H2,1-2H3,(H,16,19). The number of hydrogen-bond donors (Lipinski definition) is 1. The highest BCUT2D eigenvalue weighted by Gasteiger charge is 2.09. The summed E-state index contributed by atoms with van der Waals surface area (Å²) in [5.74, 6) is 0.839. The predicted molar refractivity (Wildman–Crippen MR) is 86.5 cm³/mol. The Bertz CT molecular complexity index is 798. The van der Waals surface area contributed by atoms with E-state index in [0.717, 1.165) is 34.5 Å². The van der Waals surface area contributed by atoms with Crippen LogP contribution >= 0.6 is 23.6 Å². The first-order chi connectivity index (χ1) is 9.72. The Kier molecular flexibility index (Phi) is 3.63. The molecule has 104 valence electrons. The second-order valence-electron chi connectivity index (χ2n) is 4.62. The van der Waals surface area contributed by atoms with Gasteiger partial charge in [-0.25, -0.2) is 0 Å².